The predicted octanol–water partition coefficient (Wildman–Crippen LogP) is 4.70. The van der Waals surface area contributed by atoms with E-state index < -0.39 is 17.8 Å². The predicted molar refractivity (Wildman–Crippen MR) is 128 cm³/mol. The summed E-state index contributed by atoms with van der Waals surface area (Å²) in [5.74, 6) is 0.152. The second-order valence-corrected chi connectivity index (χ2v) is 9.29. The molecule has 0 radical (unpaired) electrons. The summed E-state index contributed by atoms with van der Waals surface area (Å²) < 4.78 is 46.6. The molecule has 7 nitrogen and oxygen atoms in total. The maximum atomic E-state index is 13.4. The molecule has 10 heteroatoms. The second kappa shape index (κ2) is 9.94. The summed E-state index contributed by atoms with van der Waals surface area (Å²) in [4.78, 5) is 23.1. The molecule has 4 rings (SSSR count). The van der Waals surface area contributed by atoms with Crippen molar-refractivity contribution in [1.82, 2.24) is 19.4 Å². The van der Waals surface area contributed by atoms with Crippen LogP contribution >= 0.6 is 0 Å². The summed E-state index contributed by atoms with van der Waals surface area (Å²) in [7, 11) is 0. The number of alkyl halides is 3. The molecular weight excluding hydrogens is 459 g/mol. The van der Waals surface area contributed by atoms with Gasteiger partial charge >= 0.3 is 6.18 Å². The van der Waals surface area contributed by atoms with Gasteiger partial charge in [0.25, 0.3) is 5.56 Å². The Hall–Kier alpha value is -2.98. The summed E-state index contributed by atoms with van der Waals surface area (Å²) in [5.41, 5.74) is 1.35. The highest BCUT2D eigenvalue weighted by Crippen LogP contribution is 2.31. The van der Waals surface area contributed by atoms with Gasteiger partial charge in [-0.1, -0.05) is 24.3 Å². The zero-order chi connectivity index (χ0) is 25.3. The van der Waals surface area contributed by atoms with Gasteiger partial charge in [0.2, 0.25) is 5.95 Å². The zero-order valence-electron chi connectivity index (χ0n) is 20.2. The molecule has 188 valence electrons. The van der Waals surface area contributed by atoms with Crippen molar-refractivity contribution in [2.24, 2.45) is 0 Å². The lowest BCUT2D eigenvalue weighted by atomic mass is 10.1. The molecule has 1 aromatic carbocycles. The van der Waals surface area contributed by atoms with Crippen LogP contribution in [0.1, 0.15) is 50.9 Å². The van der Waals surface area contributed by atoms with Gasteiger partial charge in [0.1, 0.15) is 11.7 Å². The van der Waals surface area contributed by atoms with Gasteiger partial charge in [0.05, 0.1) is 18.2 Å². The Morgan fingerprint density at radius 1 is 1.09 bits per heavy atom. The largest absolute Gasteiger partial charge is 0.409 e. The minimum Gasteiger partial charge on any atom is -0.373 e. The molecule has 1 aliphatic rings. The highest BCUT2D eigenvalue weighted by Gasteiger charge is 2.38. The van der Waals surface area contributed by atoms with Crippen molar-refractivity contribution in [3.63, 3.8) is 0 Å². The topological polar surface area (TPSA) is 72.3 Å². The summed E-state index contributed by atoms with van der Waals surface area (Å²) in [6, 6.07) is 8.50. The second-order valence-electron chi connectivity index (χ2n) is 9.29. The number of rotatable bonds is 6. The lowest BCUT2D eigenvalue weighted by molar-refractivity contribution is -0.162. The summed E-state index contributed by atoms with van der Waals surface area (Å²) in [5, 5.41) is 3.50. The van der Waals surface area contributed by atoms with Crippen molar-refractivity contribution < 1.29 is 17.9 Å². The Morgan fingerprint density at radius 3 is 2.37 bits per heavy atom. The number of anilines is 1. The van der Waals surface area contributed by atoms with Gasteiger partial charge in [0, 0.05) is 37.3 Å². The van der Waals surface area contributed by atoms with Crippen molar-refractivity contribution in [3.8, 4) is 0 Å². The molecule has 1 saturated heterocycles. The van der Waals surface area contributed by atoms with Crippen molar-refractivity contribution >= 4 is 17.0 Å². The number of halogens is 3. The van der Waals surface area contributed by atoms with Crippen LogP contribution < -0.4 is 10.9 Å². The Kier molecular flexibility index (Phi) is 7.14. The number of benzene rings is 1. The third-order valence-corrected chi connectivity index (χ3v) is 6.25. The van der Waals surface area contributed by atoms with Gasteiger partial charge in [-0.25, -0.2) is 4.98 Å². The molecule has 0 saturated carbocycles. The van der Waals surface area contributed by atoms with E-state index in [0.717, 1.165) is 38.2 Å². The SMILES string of the molecule is C[C@@H]1CN(Cc2ccc([C@H](C)Nc3ncc4ccc(=O)n([C@@H](C)C(F)(F)F)c4n3)cc2)C[C@H](C)O1. The molecule has 0 unspecified atom stereocenters. The van der Waals surface area contributed by atoms with Crippen LogP contribution in [0.4, 0.5) is 19.1 Å². The average Bonchev–Trinajstić information content (AvgIpc) is 2.77. The molecule has 1 fully saturated rings. The molecule has 0 spiro atoms. The Morgan fingerprint density at radius 2 is 1.74 bits per heavy atom. The summed E-state index contributed by atoms with van der Waals surface area (Å²) >= 11 is 0. The fraction of sp³-hybridized carbons (Fsp3) is 0.480. The first-order valence-electron chi connectivity index (χ1n) is 11.7. The molecule has 0 aliphatic carbocycles. The van der Waals surface area contributed by atoms with Gasteiger partial charge in [-0.3, -0.25) is 14.3 Å². The third kappa shape index (κ3) is 5.82. The molecule has 2 aromatic heterocycles. The molecular formula is C25H30F3N5O2. The molecule has 35 heavy (non-hydrogen) atoms. The fourth-order valence-corrected chi connectivity index (χ4v) is 4.49. The first-order valence-corrected chi connectivity index (χ1v) is 11.7. The molecule has 1 aliphatic heterocycles. The van der Waals surface area contributed by atoms with Crippen LogP contribution in [0.5, 0.6) is 0 Å². The highest BCUT2D eigenvalue weighted by molar-refractivity contribution is 5.75. The molecule has 0 bridgehead atoms. The third-order valence-electron chi connectivity index (χ3n) is 6.25. The summed E-state index contributed by atoms with van der Waals surface area (Å²) in [6.07, 6.45) is -2.74. The van der Waals surface area contributed by atoms with E-state index in [2.05, 4.69) is 46.2 Å². The van der Waals surface area contributed by atoms with Gasteiger partial charge in [-0.15, -0.1) is 0 Å². The van der Waals surface area contributed by atoms with Crippen LogP contribution in [0.3, 0.4) is 0 Å². The number of hydrogen-bond acceptors (Lipinski definition) is 6. The Bertz CT molecular complexity index is 1220. The minimum atomic E-state index is -4.58. The Labute approximate surface area is 201 Å². The van der Waals surface area contributed by atoms with Crippen LogP contribution in [0.2, 0.25) is 0 Å². The number of morpholine rings is 1. The van der Waals surface area contributed by atoms with Crippen LogP contribution in [-0.4, -0.2) is 50.9 Å². The van der Waals surface area contributed by atoms with Gasteiger partial charge in [-0.2, -0.15) is 18.2 Å². The standard InChI is InChI=1S/C25H30F3N5O2/c1-15-12-32(13-16(2)35-15)14-19-5-7-20(8-6-19)17(3)30-24-29-11-21-9-10-22(34)33(23(21)31-24)18(4)25(26,27)28/h5-11,15-18H,12-14H2,1-4H3,(H,29,30,31)/t15-,16+,17-,18-/m0/s1. The first-order chi connectivity index (χ1) is 16.5. The highest BCUT2D eigenvalue weighted by atomic mass is 19.4. The van der Waals surface area contributed by atoms with E-state index in [0.29, 0.717) is 9.95 Å². The zero-order valence-corrected chi connectivity index (χ0v) is 20.2. The number of nitrogens with one attached hydrogen (secondary N) is 1. The van der Waals surface area contributed by atoms with Gasteiger partial charge < -0.3 is 10.1 Å². The number of nitrogens with zero attached hydrogens (tertiary/aromatic N) is 4. The van der Waals surface area contributed by atoms with Crippen LogP contribution in [-0.2, 0) is 11.3 Å². The van der Waals surface area contributed by atoms with Gasteiger partial charge in [0.15, 0.2) is 0 Å². The van der Waals surface area contributed by atoms with Crippen molar-refractivity contribution in [2.75, 3.05) is 18.4 Å². The quantitative estimate of drug-likeness (QED) is 0.541. The number of ether oxygens (including phenoxy) is 1. The van der Waals surface area contributed by atoms with Crippen molar-refractivity contribution in [3.05, 3.63) is 64.1 Å². The minimum absolute atomic E-state index is 0.0589. The average molecular weight is 490 g/mol. The smallest absolute Gasteiger partial charge is 0.373 e. The molecule has 3 aromatic rings. The van der Waals surface area contributed by atoms with E-state index in [1.165, 1.54) is 17.8 Å². The summed E-state index contributed by atoms with van der Waals surface area (Å²) in [6.45, 7) is 9.64. The number of aromatic nitrogens is 3. The van der Waals surface area contributed by atoms with Crippen LogP contribution in [0, 0.1) is 0 Å². The number of fused-ring (bicyclic) bond motifs is 1. The number of pyridine rings is 1. The lowest BCUT2D eigenvalue weighted by Gasteiger charge is -2.35. The Balaban J connectivity index is 1.50. The normalized spacial score (nSPS) is 21.1. The van der Waals surface area contributed by atoms with E-state index in [-0.39, 0.29) is 29.8 Å². The first kappa shape index (κ1) is 25.1. The maximum absolute atomic E-state index is 13.4. The molecule has 4 atom stereocenters. The van der Waals surface area contributed by atoms with Crippen molar-refractivity contribution in [2.45, 2.75) is 64.7 Å². The van der Waals surface area contributed by atoms with E-state index in [9.17, 15) is 18.0 Å². The van der Waals surface area contributed by atoms with E-state index >= 15 is 0 Å². The van der Waals surface area contributed by atoms with E-state index in [4.69, 9.17) is 4.74 Å². The van der Waals surface area contributed by atoms with Crippen LogP contribution in [0.15, 0.2) is 47.4 Å². The van der Waals surface area contributed by atoms with E-state index in [1.807, 2.05) is 19.1 Å². The number of hydrogen-bond donors (Lipinski definition) is 1. The van der Waals surface area contributed by atoms with Crippen LogP contribution in [0.25, 0.3) is 11.0 Å². The monoisotopic (exact) mass is 489 g/mol. The molecule has 3 heterocycles. The molecule has 1 N–H and O–H groups in total. The van der Waals surface area contributed by atoms with E-state index in [1.54, 1.807) is 0 Å². The maximum Gasteiger partial charge on any atom is 0.409 e. The molecule has 0 amide bonds. The van der Waals surface area contributed by atoms with Crippen molar-refractivity contribution in [1.29, 1.82) is 0 Å². The fourth-order valence-electron chi connectivity index (χ4n) is 4.49. The van der Waals surface area contributed by atoms with Gasteiger partial charge in [-0.05, 0) is 44.9 Å². The lowest BCUT2D eigenvalue weighted by Crippen LogP contribution is -2.44.